The van der Waals surface area contributed by atoms with Crippen molar-refractivity contribution in [1.29, 1.82) is 0 Å². The summed E-state index contributed by atoms with van der Waals surface area (Å²) < 4.78 is 12.0. The molecule has 0 bridgehead atoms. The van der Waals surface area contributed by atoms with Crippen molar-refractivity contribution < 1.29 is 14.3 Å². The highest BCUT2D eigenvalue weighted by molar-refractivity contribution is 6.04. The zero-order valence-electron chi connectivity index (χ0n) is 18.6. The number of amides is 1. The van der Waals surface area contributed by atoms with Crippen LogP contribution in [-0.4, -0.2) is 12.5 Å². The molecule has 0 heterocycles. The molecule has 0 saturated carbocycles. The van der Waals surface area contributed by atoms with Crippen LogP contribution in [-0.2, 0) is 6.61 Å². The minimum atomic E-state index is -0.161. The lowest BCUT2D eigenvalue weighted by atomic mass is 10.1. The summed E-state index contributed by atoms with van der Waals surface area (Å²) in [6, 6.07) is 25.6. The Balaban J connectivity index is 1.58. The molecule has 0 aliphatic rings. The van der Waals surface area contributed by atoms with Gasteiger partial charge in [0.1, 0.15) is 18.1 Å². The van der Waals surface area contributed by atoms with Crippen molar-refractivity contribution >= 4 is 22.4 Å². The number of hydrogen-bond donors (Lipinski definition) is 1. The molecule has 4 nitrogen and oxygen atoms in total. The van der Waals surface area contributed by atoms with Crippen LogP contribution in [0.25, 0.3) is 10.8 Å². The Labute approximate surface area is 188 Å². The molecular weight excluding hydrogens is 398 g/mol. The van der Waals surface area contributed by atoms with Crippen LogP contribution in [0.15, 0.2) is 78.9 Å². The third-order valence-electron chi connectivity index (χ3n) is 5.39. The van der Waals surface area contributed by atoms with Crippen molar-refractivity contribution in [3.63, 3.8) is 0 Å². The van der Waals surface area contributed by atoms with Crippen LogP contribution in [0.5, 0.6) is 11.5 Å². The molecule has 1 amide bonds. The van der Waals surface area contributed by atoms with Crippen LogP contribution < -0.4 is 14.8 Å². The second kappa shape index (κ2) is 9.56. The molecule has 0 saturated heterocycles. The molecule has 0 atom stereocenters. The summed E-state index contributed by atoms with van der Waals surface area (Å²) in [6.45, 7) is 6.80. The molecule has 32 heavy (non-hydrogen) atoms. The first-order chi connectivity index (χ1) is 15.5. The molecule has 4 heteroatoms. The zero-order chi connectivity index (χ0) is 22.5. The topological polar surface area (TPSA) is 47.6 Å². The number of carbonyl (C=O) groups excluding carboxylic acids is 1. The van der Waals surface area contributed by atoms with Gasteiger partial charge < -0.3 is 14.8 Å². The lowest BCUT2D eigenvalue weighted by Crippen LogP contribution is -2.14. The quantitative estimate of drug-likeness (QED) is 0.359. The molecule has 4 rings (SSSR count). The van der Waals surface area contributed by atoms with E-state index in [-0.39, 0.29) is 5.91 Å². The van der Waals surface area contributed by atoms with Crippen LogP contribution in [0.2, 0.25) is 0 Å². The van der Waals surface area contributed by atoms with Crippen LogP contribution in [0.1, 0.15) is 34.0 Å². The summed E-state index contributed by atoms with van der Waals surface area (Å²) in [6.07, 6.45) is 0. The predicted molar refractivity (Wildman–Crippen MR) is 130 cm³/mol. The van der Waals surface area contributed by atoms with Crippen molar-refractivity contribution in [2.24, 2.45) is 0 Å². The Morgan fingerprint density at radius 3 is 2.47 bits per heavy atom. The fourth-order valence-electron chi connectivity index (χ4n) is 3.76. The number of anilines is 1. The lowest BCUT2D eigenvalue weighted by molar-refractivity contribution is 0.102. The van der Waals surface area contributed by atoms with Gasteiger partial charge in [-0.3, -0.25) is 4.79 Å². The SMILES string of the molecule is CCOc1ccc(C(=O)Nc2ccc(C)cc2C)cc1COc1cccc2ccccc12. The van der Waals surface area contributed by atoms with Crippen LogP contribution in [0.3, 0.4) is 0 Å². The van der Waals surface area contributed by atoms with Gasteiger partial charge in [-0.1, -0.05) is 54.1 Å². The van der Waals surface area contributed by atoms with Crippen LogP contribution in [0, 0.1) is 13.8 Å². The number of benzene rings is 4. The van der Waals surface area contributed by atoms with Gasteiger partial charge in [0.15, 0.2) is 0 Å². The molecule has 1 N–H and O–H groups in total. The first-order valence-electron chi connectivity index (χ1n) is 10.8. The van der Waals surface area contributed by atoms with E-state index in [1.807, 2.05) is 75.4 Å². The van der Waals surface area contributed by atoms with Crippen LogP contribution >= 0.6 is 0 Å². The molecule has 4 aromatic carbocycles. The fourth-order valence-corrected chi connectivity index (χ4v) is 3.76. The highest BCUT2D eigenvalue weighted by Crippen LogP contribution is 2.28. The molecule has 0 spiro atoms. The highest BCUT2D eigenvalue weighted by Gasteiger charge is 2.13. The second-order valence-electron chi connectivity index (χ2n) is 7.79. The van der Waals surface area contributed by atoms with E-state index < -0.39 is 0 Å². The average Bonchev–Trinajstić information content (AvgIpc) is 2.80. The van der Waals surface area contributed by atoms with Crippen molar-refractivity contribution in [2.75, 3.05) is 11.9 Å². The van der Waals surface area contributed by atoms with E-state index in [2.05, 4.69) is 23.5 Å². The monoisotopic (exact) mass is 425 g/mol. The van der Waals surface area contributed by atoms with Gasteiger partial charge in [0, 0.05) is 22.2 Å². The Hall–Kier alpha value is -3.79. The van der Waals surface area contributed by atoms with Gasteiger partial charge in [-0.2, -0.15) is 0 Å². The summed E-state index contributed by atoms with van der Waals surface area (Å²) in [5.41, 5.74) is 4.39. The molecular formula is C28H27NO3. The maximum atomic E-state index is 12.9. The van der Waals surface area contributed by atoms with Gasteiger partial charge in [0.25, 0.3) is 5.91 Å². The minimum absolute atomic E-state index is 0.161. The maximum Gasteiger partial charge on any atom is 0.255 e. The molecule has 4 aromatic rings. The summed E-state index contributed by atoms with van der Waals surface area (Å²) in [5.74, 6) is 1.36. The smallest absolute Gasteiger partial charge is 0.255 e. The number of aryl methyl sites for hydroxylation is 2. The zero-order valence-corrected chi connectivity index (χ0v) is 18.6. The first kappa shape index (κ1) is 21.4. The van der Waals surface area contributed by atoms with E-state index in [0.29, 0.717) is 18.8 Å². The number of ether oxygens (including phenoxy) is 2. The van der Waals surface area contributed by atoms with E-state index in [0.717, 1.165) is 44.6 Å². The number of rotatable bonds is 7. The Kier molecular flexibility index (Phi) is 6.41. The standard InChI is InChI=1S/C28H27NO3/c1-4-31-26-15-13-22(28(30)29-25-14-12-19(2)16-20(25)3)17-23(26)18-32-27-11-7-9-21-8-5-6-10-24(21)27/h5-17H,4,18H2,1-3H3,(H,29,30). The number of fused-ring (bicyclic) bond motifs is 1. The van der Waals surface area contributed by atoms with Gasteiger partial charge in [0.2, 0.25) is 0 Å². The first-order valence-corrected chi connectivity index (χ1v) is 10.8. The van der Waals surface area contributed by atoms with Gasteiger partial charge in [-0.05, 0) is 62.1 Å². The molecule has 0 radical (unpaired) electrons. The molecule has 0 fully saturated rings. The fraction of sp³-hybridized carbons (Fsp3) is 0.179. The highest BCUT2D eigenvalue weighted by atomic mass is 16.5. The molecule has 0 aliphatic heterocycles. The molecule has 0 unspecified atom stereocenters. The largest absolute Gasteiger partial charge is 0.493 e. The number of nitrogens with one attached hydrogen (secondary N) is 1. The summed E-state index contributed by atoms with van der Waals surface area (Å²) >= 11 is 0. The third-order valence-corrected chi connectivity index (χ3v) is 5.39. The van der Waals surface area contributed by atoms with Crippen molar-refractivity contribution in [3.8, 4) is 11.5 Å². The maximum absolute atomic E-state index is 12.9. The summed E-state index contributed by atoms with van der Waals surface area (Å²) in [5, 5.41) is 5.18. The number of carbonyl (C=O) groups is 1. The Morgan fingerprint density at radius 1 is 0.844 bits per heavy atom. The summed E-state index contributed by atoms with van der Waals surface area (Å²) in [7, 11) is 0. The van der Waals surface area contributed by atoms with Gasteiger partial charge in [0.05, 0.1) is 6.61 Å². The van der Waals surface area contributed by atoms with E-state index in [1.165, 1.54) is 0 Å². The molecule has 0 aliphatic carbocycles. The average molecular weight is 426 g/mol. The lowest BCUT2D eigenvalue weighted by Gasteiger charge is -2.15. The van der Waals surface area contributed by atoms with Crippen molar-refractivity contribution in [3.05, 3.63) is 101 Å². The molecule has 0 aromatic heterocycles. The third kappa shape index (κ3) is 4.75. The van der Waals surface area contributed by atoms with E-state index in [9.17, 15) is 4.79 Å². The van der Waals surface area contributed by atoms with Gasteiger partial charge in [-0.15, -0.1) is 0 Å². The summed E-state index contributed by atoms with van der Waals surface area (Å²) in [4.78, 5) is 12.9. The van der Waals surface area contributed by atoms with E-state index >= 15 is 0 Å². The van der Waals surface area contributed by atoms with Crippen molar-refractivity contribution in [2.45, 2.75) is 27.4 Å². The second-order valence-corrected chi connectivity index (χ2v) is 7.79. The molecule has 162 valence electrons. The number of hydrogen-bond acceptors (Lipinski definition) is 3. The van der Waals surface area contributed by atoms with Crippen molar-refractivity contribution in [1.82, 2.24) is 0 Å². The Morgan fingerprint density at radius 2 is 1.66 bits per heavy atom. The van der Waals surface area contributed by atoms with Crippen LogP contribution in [0.4, 0.5) is 5.69 Å². The van der Waals surface area contributed by atoms with E-state index in [4.69, 9.17) is 9.47 Å². The minimum Gasteiger partial charge on any atom is -0.493 e. The van der Waals surface area contributed by atoms with Gasteiger partial charge in [-0.25, -0.2) is 0 Å². The van der Waals surface area contributed by atoms with Gasteiger partial charge >= 0.3 is 0 Å². The normalized spacial score (nSPS) is 10.7. The van der Waals surface area contributed by atoms with E-state index in [1.54, 1.807) is 6.07 Å². The Bertz CT molecular complexity index is 1260. The predicted octanol–water partition coefficient (Wildman–Crippen LogP) is 6.69.